The van der Waals surface area contributed by atoms with Crippen LogP contribution in [-0.4, -0.2) is 13.7 Å². The zero-order valence-corrected chi connectivity index (χ0v) is 10.8. The summed E-state index contributed by atoms with van der Waals surface area (Å²) in [5, 5.41) is 3.36. The van der Waals surface area contributed by atoms with Crippen molar-refractivity contribution >= 4 is 0 Å². The number of hydrogen-bond donors (Lipinski definition) is 1. The summed E-state index contributed by atoms with van der Waals surface area (Å²) < 4.78 is 32.3. The molecule has 1 fully saturated rings. The van der Waals surface area contributed by atoms with Crippen molar-refractivity contribution in [2.75, 3.05) is 13.7 Å². The first kappa shape index (κ1) is 13.3. The zero-order valence-electron chi connectivity index (χ0n) is 10.8. The van der Waals surface area contributed by atoms with Gasteiger partial charge in [0.05, 0.1) is 12.7 Å². The first-order valence-corrected chi connectivity index (χ1v) is 6.32. The summed E-state index contributed by atoms with van der Waals surface area (Å²) in [5.74, 6) is -2.56. The van der Waals surface area contributed by atoms with E-state index in [1.807, 2.05) is 6.07 Å². The fraction of sp³-hybridized carbons (Fsp3) is 0.571. The lowest BCUT2D eigenvalue weighted by molar-refractivity contribution is 0.0148. The highest BCUT2D eigenvalue weighted by atomic mass is 19.3. The smallest absolute Gasteiger partial charge is 0.274 e. The monoisotopic (exact) mass is 255 g/mol. The van der Waals surface area contributed by atoms with Crippen LogP contribution in [0.4, 0.5) is 8.78 Å². The minimum absolute atomic E-state index is 0.0325. The van der Waals surface area contributed by atoms with Crippen LogP contribution in [0.2, 0.25) is 0 Å². The van der Waals surface area contributed by atoms with E-state index < -0.39 is 5.92 Å². The Balaban J connectivity index is 2.40. The van der Waals surface area contributed by atoms with Crippen molar-refractivity contribution in [3.8, 4) is 5.75 Å². The van der Waals surface area contributed by atoms with E-state index >= 15 is 0 Å². The third kappa shape index (κ3) is 2.64. The Morgan fingerprint density at radius 3 is 2.67 bits per heavy atom. The fourth-order valence-corrected chi connectivity index (χ4v) is 2.52. The van der Waals surface area contributed by atoms with Crippen molar-refractivity contribution in [2.24, 2.45) is 0 Å². The van der Waals surface area contributed by atoms with Gasteiger partial charge < -0.3 is 10.1 Å². The fourth-order valence-electron chi connectivity index (χ4n) is 2.52. The summed E-state index contributed by atoms with van der Waals surface area (Å²) >= 11 is 0. The molecule has 1 unspecified atom stereocenters. The molecule has 1 heterocycles. The second kappa shape index (κ2) is 5.22. The summed E-state index contributed by atoms with van der Waals surface area (Å²) in [6.45, 7) is 1.84. The number of ether oxygens (including phenoxy) is 1. The van der Waals surface area contributed by atoms with Gasteiger partial charge in [0, 0.05) is 18.5 Å². The maximum Gasteiger partial charge on any atom is 0.274 e. The van der Waals surface area contributed by atoms with Crippen molar-refractivity contribution in [3.05, 3.63) is 29.3 Å². The lowest BCUT2D eigenvalue weighted by Gasteiger charge is -2.27. The van der Waals surface area contributed by atoms with Crippen LogP contribution in [-0.2, 0) is 5.92 Å². The largest absolute Gasteiger partial charge is 0.496 e. The van der Waals surface area contributed by atoms with Gasteiger partial charge in [-0.3, -0.25) is 0 Å². The molecule has 1 saturated heterocycles. The van der Waals surface area contributed by atoms with Crippen LogP contribution in [0.5, 0.6) is 5.75 Å². The Labute approximate surface area is 106 Å². The van der Waals surface area contributed by atoms with Gasteiger partial charge in [-0.2, -0.15) is 0 Å². The van der Waals surface area contributed by atoms with Gasteiger partial charge in [0.2, 0.25) is 0 Å². The predicted octanol–water partition coefficient (Wildman–Crippen LogP) is 3.62. The van der Waals surface area contributed by atoms with E-state index in [2.05, 4.69) is 5.32 Å². The molecule has 1 N–H and O–H groups in total. The van der Waals surface area contributed by atoms with Crippen molar-refractivity contribution in [1.82, 2.24) is 5.32 Å². The number of methoxy groups -OCH3 is 1. The van der Waals surface area contributed by atoms with Crippen molar-refractivity contribution in [3.63, 3.8) is 0 Å². The number of alkyl halides is 2. The molecule has 4 heteroatoms. The highest BCUT2D eigenvalue weighted by Gasteiger charge is 2.31. The zero-order chi connectivity index (χ0) is 13.2. The van der Waals surface area contributed by atoms with Gasteiger partial charge in [-0.1, -0.05) is 18.6 Å². The van der Waals surface area contributed by atoms with E-state index in [1.54, 1.807) is 6.07 Å². The molecule has 0 spiro atoms. The van der Waals surface area contributed by atoms with Crippen LogP contribution in [0.15, 0.2) is 18.2 Å². The molecule has 0 aromatic heterocycles. The molecular weight excluding hydrogens is 236 g/mol. The molecule has 0 amide bonds. The van der Waals surface area contributed by atoms with Crippen LogP contribution < -0.4 is 10.1 Å². The molecule has 1 aromatic carbocycles. The molecule has 1 aliphatic heterocycles. The number of halogens is 2. The number of rotatable bonds is 3. The number of piperidine rings is 1. The van der Waals surface area contributed by atoms with Gasteiger partial charge in [0.25, 0.3) is 5.92 Å². The maximum atomic E-state index is 13.5. The Hall–Kier alpha value is -1.16. The Morgan fingerprint density at radius 1 is 1.33 bits per heavy atom. The lowest BCUT2D eigenvalue weighted by atomic mass is 9.93. The number of para-hydroxylation sites is 1. The quantitative estimate of drug-likeness (QED) is 0.890. The molecule has 1 atom stereocenters. The summed E-state index contributed by atoms with van der Waals surface area (Å²) in [5.41, 5.74) is 0.811. The molecule has 100 valence electrons. The standard InChI is InChI=1S/C14H19F2NO/c1-14(15,16)11-7-5-6-10(13(11)18-2)12-8-3-4-9-17-12/h5-7,12,17H,3-4,8-9H2,1-2H3. The second-order valence-electron chi connectivity index (χ2n) is 4.82. The van der Waals surface area contributed by atoms with Crippen LogP contribution in [0.25, 0.3) is 0 Å². The van der Waals surface area contributed by atoms with E-state index in [0.29, 0.717) is 5.75 Å². The van der Waals surface area contributed by atoms with Crippen molar-refractivity contribution < 1.29 is 13.5 Å². The van der Waals surface area contributed by atoms with Gasteiger partial charge in [-0.25, -0.2) is 8.78 Å². The Bertz CT molecular complexity index is 409. The van der Waals surface area contributed by atoms with E-state index in [0.717, 1.165) is 38.3 Å². The molecule has 2 nitrogen and oxygen atoms in total. The average molecular weight is 255 g/mol. The van der Waals surface area contributed by atoms with Gasteiger partial charge in [0.15, 0.2) is 0 Å². The average Bonchev–Trinajstić information content (AvgIpc) is 2.37. The SMILES string of the molecule is COc1c(C2CCCCN2)cccc1C(C)(F)F. The number of nitrogens with one attached hydrogen (secondary N) is 1. The molecular formula is C14H19F2NO. The van der Waals surface area contributed by atoms with Crippen LogP contribution >= 0.6 is 0 Å². The van der Waals surface area contributed by atoms with Gasteiger partial charge in [-0.15, -0.1) is 0 Å². The second-order valence-corrected chi connectivity index (χ2v) is 4.82. The maximum absolute atomic E-state index is 13.5. The highest BCUT2D eigenvalue weighted by molar-refractivity contribution is 5.45. The normalized spacial score (nSPS) is 20.8. The minimum Gasteiger partial charge on any atom is -0.496 e. The van der Waals surface area contributed by atoms with E-state index in [9.17, 15) is 8.78 Å². The third-order valence-corrected chi connectivity index (χ3v) is 3.41. The summed E-state index contributed by atoms with van der Waals surface area (Å²) in [6, 6.07) is 5.11. The molecule has 2 rings (SSSR count). The minimum atomic E-state index is -2.88. The van der Waals surface area contributed by atoms with E-state index in [1.165, 1.54) is 13.2 Å². The first-order chi connectivity index (χ1) is 8.54. The summed E-state index contributed by atoms with van der Waals surface area (Å²) in [6.07, 6.45) is 3.23. The van der Waals surface area contributed by atoms with Crippen LogP contribution in [0, 0.1) is 0 Å². The lowest BCUT2D eigenvalue weighted by Crippen LogP contribution is -2.27. The number of benzene rings is 1. The molecule has 1 aliphatic rings. The molecule has 1 aromatic rings. The van der Waals surface area contributed by atoms with Gasteiger partial charge in [0.1, 0.15) is 5.75 Å². The van der Waals surface area contributed by atoms with Gasteiger partial charge >= 0.3 is 0 Å². The van der Waals surface area contributed by atoms with Crippen molar-refractivity contribution in [1.29, 1.82) is 0 Å². The Kier molecular flexibility index (Phi) is 3.85. The molecule has 18 heavy (non-hydrogen) atoms. The molecule has 0 saturated carbocycles. The van der Waals surface area contributed by atoms with E-state index in [-0.39, 0.29) is 11.6 Å². The molecule has 0 aliphatic carbocycles. The predicted molar refractivity (Wildman–Crippen MR) is 67.2 cm³/mol. The van der Waals surface area contributed by atoms with Crippen LogP contribution in [0.3, 0.4) is 0 Å². The van der Waals surface area contributed by atoms with Gasteiger partial charge in [-0.05, 0) is 25.5 Å². The first-order valence-electron chi connectivity index (χ1n) is 6.32. The van der Waals surface area contributed by atoms with Crippen molar-refractivity contribution in [2.45, 2.75) is 38.2 Å². The van der Waals surface area contributed by atoms with E-state index in [4.69, 9.17) is 4.74 Å². The summed E-state index contributed by atoms with van der Waals surface area (Å²) in [7, 11) is 1.46. The Morgan fingerprint density at radius 2 is 2.11 bits per heavy atom. The summed E-state index contributed by atoms with van der Waals surface area (Å²) in [4.78, 5) is 0. The highest BCUT2D eigenvalue weighted by Crippen LogP contribution is 2.40. The molecule has 0 bridgehead atoms. The number of hydrogen-bond acceptors (Lipinski definition) is 2. The van der Waals surface area contributed by atoms with Crippen LogP contribution in [0.1, 0.15) is 43.4 Å². The molecule has 0 radical (unpaired) electrons. The third-order valence-electron chi connectivity index (χ3n) is 3.41. The topological polar surface area (TPSA) is 21.3 Å².